The maximum Gasteiger partial charge on any atom is 0.309 e. The fourth-order valence-corrected chi connectivity index (χ4v) is 2.79. The molecule has 2 aromatic rings. The molecule has 1 fully saturated rings. The fourth-order valence-electron chi connectivity index (χ4n) is 2.37. The van der Waals surface area contributed by atoms with Crippen molar-refractivity contribution in [2.45, 2.75) is 12.3 Å². The highest BCUT2D eigenvalue weighted by Crippen LogP contribution is 2.48. The van der Waals surface area contributed by atoms with Gasteiger partial charge in [-0.3, -0.25) is 4.79 Å². The van der Waals surface area contributed by atoms with Crippen molar-refractivity contribution in [2.75, 3.05) is 18.5 Å². The van der Waals surface area contributed by atoms with Crippen molar-refractivity contribution in [2.24, 2.45) is 5.92 Å². The Bertz CT molecular complexity index is 651. The summed E-state index contributed by atoms with van der Waals surface area (Å²) >= 11 is 3.45. The monoisotopic (exact) mass is 361 g/mol. The summed E-state index contributed by atoms with van der Waals surface area (Å²) in [6, 6.07) is 9.84. The molecule has 1 aromatic carbocycles. The summed E-state index contributed by atoms with van der Waals surface area (Å²) in [5, 5.41) is 3.00. The van der Waals surface area contributed by atoms with E-state index in [0.717, 1.165) is 10.9 Å². The van der Waals surface area contributed by atoms with Crippen molar-refractivity contribution in [1.82, 2.24) is 9.97 Å². The van der Waals surface area contributed by atoms with Gasteiger partial charge in [-0.2, -0.15) is 0 Å². The van der Waals surface area contributed by atoms with Gasteiger partial charge in [-0.15, -0.1) is 0 Å². The summed E-state index contributed by atoms with van der Waals surface area (Å²) in [6.07, 6.45) is 4.19. The molecule has 22 heavy (non-hydrogen) atoms. The van der Waals surface area contributed by atoms with E-state index in [-0.39, 0.29) is 17.8 Å². The number of nitrogens with zero attached hydrogens (tertiary/aromatic N) is 2. The molecule has 0 aliphatic heterocycles. The van der Waals surface area contributed by atoms with Crippen LogP contribution in [0.25, 0.3) is 0 Å². The molecular weight excluding hydrogens is 346 g/mol. The van der Waals surface area contributed by atoms with Crippen LogP contribution in [0, 0.1) is 5.92 Å². The van der Waals surface area contributed by atoms with Crippen LogP contribution >= 0.6 is 15.9 Å². The number of hydrogen-bond donors (Lipinski definition) is 1. The lowest BCUT2D eigenvalue weighted by Gasteiger charge is -2.06. The summed E-state index contributed by atoms with van der Waals surface area (Å²) in [5.74, 6) is 0.690. The smallest absolute Gasteiger partial charge is 0.309 e. The second-order valence-electron chi connectivity index (χ2n) is 5.17. The molecule has 6 heteroatoms. The van der Waals surface area contributed by atoms with Crippen LogP contribution in [-0.2, 0) is 9.53 Å². The van der Waals surface area contributed by atoms with E-state index in [9.17, 15) is 4.79 Å². The predicted molar refractivity (Wildman–Crippen MR) is 86.5 cm³/mol. The Labute approximate surface area is 137 Å². The highest BCUT2D eigenvalue weighted by molar-refractivity contribution is 9.10. The van der Waals surface area contributed by atoms with Gasteiger partial charge in [0, 0.05) is 16.9 Å². The predicted octanol–water partition coefficient (Wildman–Crippen LogP) is 3.00. The van der Waals surface area contributed by atoms with E-state index >= 15 is 0 Å². The molecule has 1 N–H and O–H groups in total. The van der Waals surface area contributed by atoms with Gasteiger partial charge in [0.05, 0.1) is 12.5 Å². The molecule has 1 aliphatic rings. The van der Waals surface area contributed by atoms with Crippen molar-refractivity contribution in [3.63, 3.8) is 0 Å². The van der Waals surface area contributed by atoms with E-state index in [4.69, 9.17) is 4.74 Å². The maximum atomic E-state index is 12.0. The average molecular weight is 362 g/mol. The van der Waals surface area contributed by atoms with Crippen molar-refractivity contribution in [3.8, 4) is 0 Å². The van der Waals surface area contributed by atoms with Crippen LogP contribution in [0.2, 0.25) is 0 Å². The summed E-state index contributed by atoms with van der Waals surface area (Å²) in [4.78, 5) is 20.1. The molecule has 0 spiro atoms. The first-order chi connectivity index (χ1) is 10.7. The van der Waals surface area contributed by atoms with Gasteiger partial charge in [0.25, 0.3) is 0 Å². The van der Waals surface area contributed by atoms with Gasteiger partial charge in [0.1, 0.15) is 6.61 Å². The zero-order valence-corrected chi connectivity index (χ0v) is 13.5. The lowest BCUT2D eigenvalue weighted by molar-refractivity contribution is -0.144. The third-order valence-electron chi connectivity index (χ3n) is 3.57. The van der Waals surface area contributed by atoms with Crippen LogP contribution in [0.4, 0.5) is 5.95 Å². The first-order valence-corrected chi connectivity index (χ1v) is 7.96. The molecular formula is C16H16BrN3O2. The van der Waals surface area contributed by atoms with Crippen LogP contribution < -0.4 is 5.32 Å². The Morgan fingerprint density at radius 3 is 2.91 bits per heavy atom. The molecule has 114 valence electrons. The first kappa shape index (κ1) is 15.0. The van der Waals surface area contributed by atoms with Crippen molar-refractivity contribution < 1.29 is 9.53 Å². The minimum Gasteiger partial charge on any atom is -0.464 e. The van der Waals surface area contributed by atoms with Crippen molar-refractivity contribution >= 4 is 27.8 Å². The van der Waals surface area contributed by atoms with Crippen molar-refractivity contribution in [3.05, 3.63) is 52.8 Å². The van der Waals surface area contributed by atoms with Crippen LogP contribution in [-0.4, -0.2) is 29.1 Å². The Balaban J connectivity index is 1.40. The lowest BCUT2D eigenvalue weighted by Crippen LogP contribution is -2.16. The Morgan fingerprint density at radius 2 is 2.14 bits per heavy atom. The quantitative estimate of drug-likeness (QED) is 0.632. The van der Waals surface area contributed by atoms with E-state index in [1.807, 2.05) is 12.1 Å². The number of anilines is 1. The number of esters is 1. The topological polar surface area (TPSA) is 64.1 Å². The van der Waals surface area contributed by atoms with Crippen LogP contribution in [0.5, 0.6) is 0 Å². The number of aromatic nitrogens is 2. The number of carbonyl (C=O) groups excluding carboxylic acids is 1. The van der Waals surface area contributed by atoms with E-state index in [1.54, 1.807) is 18.5 Å². The Kier molecular flexibility index (Phi) is 4.68. The molecule has 0 radical (unpaired) electrons. The molecule has 0 saturated heterocycles. The van der Waals surface area contributed by atoms with Gasteiger partial charge in [-0.1, -0.05) is 28.1 Å². The van der Waals surface area contributed by atoms with Gasteiger partial charge in [-0.25, -0.2) is 9.97 Å². The van der Waals surface area contributed by atoms with Gasteiger partial charge in [0.15, 0.2) is 0 Å². The molecule has 1 heterocycles. The average Bonchev–Trinajstić information content (AvgIpc) is 3.33. The fraction of sp³-hybridized carbons (Fsp3) is 0.312. The molecule has 0 amide bonds. The third-order valence-corrected chi connectivity index (χ3v) is 4.06. The second kappa shape index (κ2) is 6.87. The Hall–Kier alpha value is -1.95. The summed E-state index contributed by atoms with van der Waals surface area (Å²) in [7, 11) is 0. The largest absolute Gasteiger partial charge is 0.464 e. The molecule has 2 atom stereocenters. The molecule has 5 nitrogen and oxygen atoms in total. The second-order valence-corrected chi connectivity index (χ2v) is 6.09. The highest BCUT2D eigenvalue weighted by Gasteiger charge is 2.45. The zero-order chi connectivity index (χ0) is 15.4. The summed E-state index contributed by atoms with van der Waals surface area (Å²) in [5.41, 5.74) is 1.19. The molecule has 3 rings (SSSR count). The number of ether oxygens (including phenoxy) is 1. The van der Waals surface area contributed by atoms with Gasteiger partial charge < -0.3 is 10.1 Å². The van der Waals surface area contributed by atoms with Crippen LogP contribution in [0.15, 0.2) is 47.2 Å². The van der Waals surface area contributed by atoms with Crippen LogP contribution in [0.3, 0.4) is 0 Å². The Morgan fingerprint density at radius 1 is 1.32 bits per heavy atom. The summed E-state index contributed by atoms with van der Waals surface area (Å²) < 4.78 is 6.34. The van der Waals surface area contributed by atoms with Crippen molar-refractivity contribution in [1.29, 1.82) is 0 Å². The van der Waals surface area contributed by atoms with Crippen LogP contribution in [0.1, 0.15) is 17.9 Å². The zero-order valence-electron chi connectivity index (χ0n) is 11.9. The number of rotatable bonds is 6. The third kappa shape index (κ3) is 3.82. The molecule has 0 bridgehead atoms. The summed E-state index contributed by atoms with van der Waals surface area (Å²) in [6.45, 7) is 0.822. The number of carbonyl (C=O) groups is 1. The standard InChI is InChI=1S/C16H16BrN3O2/c17-12-4-1-3-11(9-12)13-10-14(13)15(21)22-8-7-20-16-18-5-2-6-19-16/h1-6,9,13-14H,7-8,10H2,(H,18,19,20). The molecule has 1 aromatic heterocycles. The maximum absolute atomic E-state index is 12.0. The number of hydrogen-bond acceptors (Lipinski definition) is 5. The van der Waals surface area contributed by atoms with E-state index in [0.29, 0.717) is 19.1 Å². The van der Waals surface area contributed by atoms with Gasteiger partial charge in [0.2, 0.25) is 5.95 Å². The van der Waals surface area contributed by atoms with E-state index in [2.05, 4.69) is 43.3 Å². The SMILES string of the molecule is O=C(OCCNc1ncccn1)C1CC1c1cccc(Br)c1. The van der Waals surface area contributed by atoms with E-state index < -0.39 is 0 Å². The normalized spacial score (nSPS) is 19.5. The number of halogens is 1. The first-order valence-electron chi connectivity index (χ1n) is 7.17. The van der Waals surface area contributed by atoms with E-state index in [1.165, 1.54) is 5.56 Å². The van der Waals surface area contributed by atoms with Gasteiger partial charge in [-0.05, 0) is 36.1 Å². The lowest BCUT2D eigenvalue weighted by atomic mass is 10.1. The minimum absolute atomic E-state index is 0.0118. The molecule has 2 unspecified atom stereocenters. The molecule has 1 aliphatic carbocycles. The number of nitrogens with one attached hydrogen (secondary N) is 1. The molecule has 1 saturated carbocycles. The van der Waals surface area contributed by atoms with Gasteiger partial charge >= 0.3 is 5.97 Å². The highest BCUT2D eigenvalue weighted by atomic mass is 79.9. The number of benzene rings is 1. The minimum atomic E-state index is -0.124.